The SMILES string of the molecule is Cc1cc2nn(CC(=O)N3CCN(C(=O)c4ccccc4)CC3)cc2cc1N. The summed E-state index contributed by atoms with van der Waals surface area (Å²) in [7, 11) is 0. The normalized spacial score (nSPS) is 14.5. The summed E-state index contributed by atoms with van der Waals surface area (Å²) in [6, 6.07) is 13.0. The van der Waals surface area contributed by atoms with Gasteiger partial charge < -0.3 is 15.5 Å². The molecule has 1 aromatic heterocycles. The molecule has 0 atom stereocenters. The minimum absolute atomic E-state index is 0.00399. The van der Waals surface area contributed by atoms with Crippen molar-refractivity contribution in [3.8, 4) is 0 Å². The van der Waals surface area contributed by atoms with Crippen LogP contribution in [-0.4, -0.2) is 57.6 Å². The van der Waals surface area contributed by atoms with Gasteiger partial charge >= 0.3 is 0 Å². The van der Waals surface area contributed by atoms with Crippen LogP contribution in [0.4, 0.5) is 5.69 Å². The monoisotopic (exact) mass is 377 g/mol. The van der Waals surface area contributed by atoms with Gasteiger partial charge in [0.25, 0.3) is 5.91 Å². The summed E-state index contributed by atoms with van der Waals surface area (Å²) in [5, 5.41) is 5.41. The average molecular weight is 377 g/mol. The van der Waals surface area contributed by atoms with Crippen molar-refractivity contribution in [2.75, 3.05) is 31.9 Å². The Balaban J connectivity index is 1.37. The molecule has 2 amide bonds. The van der Waals surface area contributed by atoms with Crippen molar-refractivity contribution in [1.29, 1.82) is 0 Å². The van der Waals surface area contributed by atoms with Gasteiger partial charge in [-0.2, -0.15) is 5.10 Å². The number of nitrogens with zero attached hydrogens (tertiary/aromatic N) is 4. The maximum absolute atomic E-state index is 12.7. The van der Waals surface area contributed by atoms with E-state index in [9.17, 15) is 9.59 Å². The van der Waals surface area contributed by atoms with Crippen LogP contribution >= 0.6 is 0 Å². The lowest BCUT2D eigenvalue weighted by molar-refractivity contribution is -0.133. The Kier molecular flexibility index (Phi) is 4.73. The number of hydrogen-bond donors (Lipinski definition) is 1. The van der Waals surface area contributed by atoms with Crippen LogP contribution in [0.15, 0.2) is 48.7 Å². The van der Waals surface area contributed by atoms with E-state index in [0.29, 0.717) is 31.7 Å². The maximum Gasteiger partial charge on any atom is 0.253 e. The van der Waals surface area contributed by atoms with Gasteiger partial charge in [-0.15, -0.1) is 0 Å². The average Bonchev–Trinajstić information content (AvgIpc) is 3.09. The number of fused-ring (bicyclic) bond motifs is 1. The third kappa shape index (κ3) is 3.55. The number of hydrogen-bond acceptors (Lipinski definition) is 4. The number of aryl methyl sites for hydroxylation is 1. The van der Waals surface area contributed by atoms with Gasteiger partial charge in [-0.05, 0) is 36.8 Å². The third-order valence-electron chi connectivity index (χ3n) is 5.18. The smallest absolute Gasteiger partial charge is 0.253 e. The molecule has 0 bridgehead atoms. The highest BCUT2D eigenvalue weighted by atomic mass is 16.2. The van der Waals surface area contributed by atoms with Crippen molar-refractivity contribution < 1.29 is 9.59 Å². The van der Waals surface area contributed by atoms with E-state index in [1.54, 1.807) is 14.5 Å². The summed E-state index contributed by atoms with van der Waals surface area (Å²) in [5.74, 6) is 0.0169. The van der Waals surface area contributed by atoms with Gasteiger partial charge in [0.15, 0.2) is 0 Å². The first-order valence-corrected chi connectivity index (χ1v) is 9.36. The second-order valence-corrected chi connectivity index (χ2v) is 7.13. The van der Waals surface area contributed by atoms with Crippen LogP contribution in [0.5, 0.6) is 0 Å². The molecule has 2 heterocycles. The van der Waals surface area contributed by atoms with E-state index in [4.69, 9.17) is 5.73 Å². The van der Waals surface area contributed by atoms with E-state index < -0.39 is 0 Å². The molecule has 0 radical (unpaired) electrons. The number of anilines is 1. The Labute approximate surface area is 163 Å². The first-order valence-electron chi connectivity index (χ1n) is 9.36. The lowest BCUT2D eigenvalue weighted by Gasteiger charge is -2.34. The fourth-order valence-corrected chi connectivity index (χ4v) is 3.49. The molecule has 1 aliphatic rings. The summed E-state index contributed by atoms with van der Waals surface area (Å²) in [5.41, 5.74) is 9.16. The molecule has 1 saturated heterocycles. The van der Waals surface area contributed by atoms with Gasteiger partial charge in [0.05, 0.1) is 5.52 Å². The van der Waals surface area contributed by atoms with Gasteiger partial charge in [-0.25, -0.2) is 0 Å². The number of amides is 2. The Bertz CT molecular complexity index is 981. The minimum Gasteiger partial charge on any atom is -0.398 e. The molecule has 2 N–H and O–H groups in total. The number of benzene rings is 2. The van der Waals surface area contributed by atoms with Gasteiger partial charge in [0.1, 0.15) is 6.54 Å². The summed E-state index contributed by atoms with van der Waals surface area (Å²) in [6.07, 6.45) is 1.85. The van der Waals surface area contributed by atoms with Crippen LogP contribution in [0, 0.1) is 6.92 Å². The molecule has 144 valence electrons. The number of rotatable bonds is 3. The molecule has 3 aromatic rings. The Morgan fingerprint density at radius 1 is 1.04 bits per heavy atom. The number of nitrogens with two attached hydrogens (primary N) is 1. The second-order valence-electron chi connectivity index (χ2n) is 7.13. The Morgan fingerprint density at radius 2 is 1.71 bits per heavy atom. The van der Waals surface area contributed by atoms with Crippen LogP contribution in [-0.2, 0) is 11.3 Å². The van der Waals surface area contributed by atoms with Gasteiger partial charge in [-0.1, -0.05) is 18.2 Å². The molecule has 7 nitrogen and oxygen atoms in total. The fraction of sp³-hybridized carbons (Fsp3) is 0.286. The molecule has 1 fully saturated rings. The fourth-order valence-electron chi connectivity index (χ4n) is 3.49. The predicted octanol–water partition coefficient (Wildman–Crippen LogP) is 1.91. The quantitative estimate of drug-likeness (QED) is 0.707. The first kappa shape index (κ1) is 18.0. The zero-order valence-electron chi connectivity index (χ0n) is 15.8. The third-order valence-corrected chi connectivity index (χ3v) is 5.18. The molecule has 4 rings (SSSR count). The molecular weight excluding hydrogens is 354 g/mol. The van der Waals surface area contributed by atoms with Crippen LogP contribution in [0.2, 0.25) is 0 Å². The standard InChI is InChI=1S/C21H23N5O2/c1-15-11-19-17(12-18(15)22)13-26(23-19)14-20(27)24-7-9-25(10-8-24)21(28)16-5-3-2-4-6-16/h2-6,11-13H,7-10,14,22H2,1H3. The van der Waals surface area contributed by atoms with Crippen molar-refractivity contribution in [1.82, 2.24) is 19.6 Å². The van der Waals surface area contributed by atoms with Gasteiger partial charge in [-0.3, -0.25) is 14.3 Å². The van der Waals surface area contributed by atoms with Crippen molar-refractivity contribution in [3.63, 3.8) is 0 Å². The summed E-state index contributed by atoms with van der Waals surface area (Å²) < 4.78 is 1.66. The van der Waals surface area contributed by atoms with Crippen LogP contribution < -0.4 is 5.73 Å². The molecule has 7 heteroatoms. The van der Waals surface area contributed by atoms with Crippen LogP contribution in [0.3, 0.4) is 0 Å². The lowest BCUT2D eigenvalue weighted by Crippen LogP contribution is -2.51. The highest BCUT2D eigenvalue weighted by Crippen LogP contribution is 2.20. The maximum atomic E-state index is 12.7. The number of piperazine rings is 1. The molecular formula is C21H23N5O2. The molecule has 0 aliphatic carbocycles. The second kappa shape index (κ2) is 7.34. The zero-order valence-corrected chi connectivity index (χ0v) is 15.8. The minimum atomic E-state index is 0.00399. The van der Waals surface area contributed by atoms with E-state index in [1.165, 1.54) is 0 Å². The van der Waals surface area contributed by atoms with Crippen LogP contribution in [0.1, 0.15) is 15.9 Å². The van der Waals surface area contributed by atoms with E-state index in [-0.39, 0.29) is 18.4 Å². The summed E-state index contributed by atoms with van der Waals surface area (Å²) >= 11 is 0. The van der Waals surface area contributed by atoms with Gasteiger partial charge in [0, 0.05) is 49.0 Å². The van der Waals surface area contributed by atoms with Crippen molar-refractivity contribution in [2.45, 2.75) is 13.5 Å². The highest BCUT2D eigenvalue weighted by Gasteiger charge is 2.25. The Hall–Kier alpha value is -3.35. The molecule has 2 aromatic carbocycles. The molecule has 0 saturated carbocycles. The van der Waals surface area contributed by atoms with E-state index in [2.05, 4.69) is 5.10 Å². The van der Waals surface area contributed by atoms with E-state index in [0.717, 1.165) is 22.2 Å². The largest absolute Gasteiger partial charge is 0.398 e. The summed E-state index contributed by atoms with van der Waals surface area (Å²) in [6.45, 7) is 4.26. The highest BCUT2D eigenvalue weighted by molar-refractivity contribution is 5.94. The number of aromatic nitrogens is 2. The summed E-state index contributed by atoms with van der Waals surface area (Å²) in [4.78, 5) is 28.8. The lowest BCUT2D eigenvalue weighted by atomic mass is 10.1. The van der Waals surface area contributed by atoms with E-state index >= 15 is 0 Å². The number of carbonyl (C=O) groups is 2. The predicted molar refractivity (Wildman–Crippen MR) is 108 cm³/mol. The van der Waals surface area contributed by atoms with Crippen molar-refractivity contribution >= 4 is 28.4 Å². The van der Waals surface area contributed by atoms with Crippen molar-refractivity contribution in [2.24, 2.45) is 0 Å². The van der Waals surface area contributed by atoms with Crippen LogP contribution in [0.25, 0.3) is 10.9 Å². The molecule has 1 aliphatic heterocycles. The molecule has 0 unspecified atom stereocenters. The topological polar surface area (TPSA) is 84.5 Å². The molecule has 0 spiro atoms. The first-order chi connectivity index (χ1) is 13.5. The Morgan fingerprint density at radius 3 is 2.43 bits per heavy atom. The van der Waals surface area contributed by atoms with Crippen molar-refractivity contribution in [3.05, 3.63) is 59.8 Å². The zero-order chi connectivity index (χ0) is 19.7. The van der Waals surface area contributed by atoms with E-state index in [1.807, 2.05) is 55.6 Å². The molecule has 28 heavy (non-hydrogen) atoms. The van der Waals surface area contributed by atoms with Gasteiger partial charge in [0.2, 0.25) is 5.91 Å². The number of nitrogen functional groups attached to an aromatic ring is 1. The number of carbonyl (C=O) groups excluding carboxylic acids is 2.